The van der Waals surface area contributed by atoms with E-state index >= 15 is 0 Å². The Labute approximate surface area is 57.7 Å². The van der Waals surface area contributed by atoms with Crippen LogP contribution in [0.1, 0.15) is 0 Å². The summed E-state index contributed by atoms with van der Waals surface area (Å²) in [6.45, 7) is 0.572. The van der Waals surface area contributed by atoms with E-state index < -0.39 is 12.4 Å². The number of hydrogen-bond acceptors (Lipinski definition) is 4. The second-order valence-electron chi connectivity index (χ2n) is 2.93. The number of rotatable bonds is 0. The summed E-state index contributed by atoms with van der Waals surface area (Å²) < 4.78 is 15.6. The van der Waals surface area contributed by atoms with Crippen LogP contribution in [0.2, 0.25) is 0 Å². The van der Waals surface area contributed by atoms with Crippen LogP contribution in [0.4, 0.5) is 0 Å². The van der Waals surface area contributed by atoms with Gasteiger partial charge in [0.15, 0.2) is 6.29 Å². The summed E-state index contributed by atoms with van der Waals surface area (Å²) >= 11 is 0. The molecule has 4 nitrogen and oxygen atoms in total. The van der Waals surface area contributed by atoms with Crippen LogP contribution >= 0.6 is 0 Å². The molecule has 56 valence electrons. The van der Waals surface area contributed by atoms with Crippen molar-refractivity contribution in [2.75, 3.05) is 6.61 Å². The number of epoxide rings is 1. The monoisotopic (exact) mass is 144 g/mol. The Morgan fingerprint density at radius 2 is 2.10 bits per heavy atom. The van der Waals surface area contributed by atoms with E-state index in [4.69, 9.17) is 14.2 Å². The standard InChI is InChI=1S/C6H8O4/c7-3-5-4(10-5)2-1-8-6(3)9-2/h2-7H,1H2/t2?,3?,4-,5-,6+/m0/s1. The first kappa shape index (κ1) is 5.49. The lowest BCUT2D eigenvalue weighted by atomic mass is 10.1. The molecule has 3 saturated heterocycles. The third kappa shape index (κ3) is 0.509. The van der Waals surface area contributed by atoms with Crippen LogP contribution < -0.4 is 0 Å². The van der Waals surface area contributed by atoms with Crippen molar-refractivity contribution >= 4 is 0 Å². The van der Waals surface area contributed by atoms with E-state index in [1.54, 1.807) is 0 Å². The van der Waals surface area contributed by atoms with E-state index in [1.165, 1.54) is 0 Å². The summed E-state index contributed by atoms with van der Waals surface area (Å²) in [5.41, 5.74) is 0. The third-order valence-electron chi connectivity index (χ3n) is 2.28. The van der Waals surface area contributed by atoms with Crippen LogP contribution in [-0.4, -0.2) is 42.4 Å². The summed E-state index contributed by atoms with van der Waals surface area (Å²) in [5, 5.41) is 9.33. The normalized spacial score (nSPS) is 63.9. The smallest absolute Gasteiger partial charge is 0.186 e. The van der Waals surface area contributed by atoms with Crippen molar-refractivity contribution in [2.24, 2.45) is 0 Å². The van der Waals surface area contributed by atoms with Gasteiger partial charge in [-0.05, 0) is 0 Å². The molecule has 3 heterocycles. The fraction of sp³-hybridized carbons (Fsp3) is 1.00. The van der Waals surface area contributed by atoms with Crippen molar-refractivity contribution in [3.63, 3.8) is 0 Å². The highest BCUT2D eigenvalue weighted by molar-refractivity contribution is 5.03. The average molecular weight is 144 g/mol. The molecule has 3 aliphatic heterocycles. The van der Waals surface area contributed by atoms with Gasteiger partial charge in [0.05, 0.1) is 6.61 Å². The molecule has 3 rings (SSSR count). The molecule has 3 fully saturated rings. The first-order chi connectivity index (χ1) is 4.86. The zero-order chi connectivity index (χ0) is 6.72. The van der Waals surface area contributed by atoms with Gasteiger partial charge >= 0.3 is 0 Å². The molecule has 10 heavy (non-hydrogen) atoms. The highest BCUT2D eigenvalue weighted by Gasteiger charge is 2.60. The second kappa shape index (κ2) is 1.53. The lowest BCUT2D eigenvalue weighted by molar-refractivity contribution is -0.143. The molecule has 0 radical (unpaired) electrons. The lowest BCUT2D eigenvalue weighted by Crippen LogP contribution is -2.39. The Morgan fingerprint density at radius 3 is 3.00 bits per heavy atom. The average Bonchev–Trinajstić information content (AvgIpc) is 2.61. The van der Waals surface area contributed by atoms with Crippen molar-refractivity contribution in [1.29, 1.82) is 0 Å². The SMILES string of the molecule is OC1[C@@H]2OCC(O2)[C@@H]2O[C@@H]12. The highest BCUT2D eigenvalue weighted by atomic mass is 16.8. The summed E-state index contributed by atoms with van der Waals surface area (Å²) in [6.07, 6.45) is -0.809. The van der Waals surface area contributed by atoms with Gasteiger partial charge in [-0.1, -0.05) is 0 Å². The van der Waals surface area contributed by atoms with Gasteiger partial charge in [-0.3, -0.25) is 0 Å². The van der Waals surface area contributed by atoms with Gasteiger partial charge in [0, 0.05) is 0 Å². The molecule has 0 aromatic heterocycles. The van der Waals surface area contributed by atoms with E-state index in [9.17, 15) is 5.11 Å². The molecule has 0 saturated carbocycles. The van der Waals surface area contributed by atoms with E-state index in [1.807, 2.05) is 0 Å². The molecular formula is C6H8O4. The van der Waals surface area contributed by atoms with Gasteiger partial charge in [-0.15, -0.1) is 0 Å². The van der Waals surface area contributed by atoms with E-state index in [2.05, 4.69) is 0 Å². The summed E-state index contributed by atoms with van der Waals surface area (Å²) in [6, 6.07) is 0. The quantitative estimate of drug-likeness (QED) is 0.437. The Morgan fingerprint density at radius 1 is 1.20 bits per heavy atom. The van der Waals surface area contributed by atoms with Crippen LogP contribution in [0, 0.1) is 0 Å². The minimum absolute atomic E-state index is 0.00810. The van der Waals surface area contributed by atoms with Gasteiger partial charge in [-0.25, -0.2) is 0 Å². The molecule has 0 aromatic rings. The van der Waals surface area contributed by atoms with Crippen LogP contribution in [0.5, 0.6) is 0 Å². The highest BCUT2D eigenvalue weighted by Crippen LogP contribution is 2.41. The summed E-state index contributed by atoms with van der Waals surface area (Å²) in [7, 11) is 0. The molecule has 2 unspecified atom stereocenters. The van der Waals surface area contributed by atoms with Gasteiger partial charge in [-0.2, -0.15) is 0 Å². The predicted octanol–water partition coefficient (Wildman–Crippen LogP) is -1.13. The van der Waals surface area contributed by atoms with Crippen molar-refractivity contribution < 1.29 is 19.3 Å². The largest absolute Gasteiger partial charge is 0.385 e. The molecule has 1 N–H and O–H groups in total. The number of aliphatic hydroxyl groups excluding tert-OH is 1. The minimum atomic E-state index is -0.566. The Kier molecular flexibility index (Phi) is 0.840. The van der Waals surface area contributed by atoms with Crippen molar-refractivity contribution in [1.82, 2.24) is 0 Å². The van der Waals surface area contributed by atoms with Gasteiger partial charge < -0.3 is 19.3 Å². The maximum atomic E-state index is 9.33. The maximum absolute atomic E-state index is 9.33. The van der Waals surface area contributed by atoms with Crippen molar-refractivity contribution in [3.8, 4) is 0 Å². The number of ether oxygens (including phenoxy) is 3. The molecule has 5 atom stereocenters. The van der Waals surface area contributed by atoms with Crippen molar-refractivity contribution in [2.45, 2.75) is 30.7 Å². The van der Waals surface area contributed by atoms with Crippen molar-refractivity contribution in [3.05, 3.63) is 0 Å². The molecular weight excluding hydrogens is 136 g/mol. The predicted molar refractivity (Wildman–Crippen MR) is 29.3 cm³/mol. The van der Waals surface area contributed by atoms with E-state index in [-0.39, 0.29) is 18.3 Å². The second-order valence-corrected chi connectivity index (χ2v) is 2.93. The van der Waals surface area contributed by atoms with Crippen LogP contribution in [0.3, 0.4) is 0 Å². The van der Waals surface area contributed by atoms with E-state index in [0.29, 0.717) is 6.61 Å². The molecule has 4 heteroatoms. The summed E-state index contributed by atoms with van der Waals surface area (Å²) in [5.74, 6) is 0. The fourth-order valence-corrected chi connectivity index (χ4v) is 1.66. The molecule has 0 aromatic carbocycles. The third-order valence-corrected chi connectivity index (χ3v) is 2.28. The number of fused-ring (bicyclic) bond motifs is 4. The number of aliphatic hydroxyl groups is 1. The Hall–Kier alpha value is -0.160. The molecule has 0 aliphatic carbocycles. The first-order valence-electron chi connectivity index (χ1n) is 3.47. The zero-order valence-corrected chi connectivity index (χ0v) is 5.27. The van der Waals surface area contributed by atoms with Gasteiger partial charge in [0.25, 0.3) is 0 Å². The van der Waals surface area contributed by atoms with Gasteiger partial charge in [0.1, 0.15) is 24.4 Å². The molecule has 3 aliphatic rings. The number of hydrogen-bond donors (Lipinski definition) is 1. The van der Waals surface area contributed by atoms with Gasteiger partial charge in [0.2, 0.25) is 0 Å². The maximum Gasteiger partial charge on any atom is 0.186 e. The fourth-order valence-electron chi connectivity index (χ4n) is 1.66. The first-order valence-corrected chi connectivity index (χ1v) is 3.47. The summed E-state index contributed by atoms with van der Waals surface area (Å²) in [4.78, 5) is 0. The molecule has 0 amide bonds. The van der Waals surface area contributed by atoms with E-state index in [0.717, 1.165) is 0 Å². The molecule has 0 spiro atoms. The lowest BCUT2D eigenvalue weighted by Gasteiger charge is -2.18. The Balaban J connectivity index is 1.91. The van der Waals surface area contributed by atoms with Crippen LogP contribution in [0.25, 0.3) is 0 Å². The minimum Gasteiger partial charge on any atom is -0.385 e. The molecule has 2 bridgehead atoms. The topological polar surface area (TPSA) is 51.2 Å². The Bertz CT molecular complexity index is 169. The van der Waals surface area contributed by atoms with Crippen LogP contribution in [0.15, 0.2) is 0 Å². The zero-order valence-electron chi connectivity index (χ0n) is 5.27. The van der Waals surface area contributed by atoms with Crippen LogP contribution in [-0.2, 0) is 14.2 Å².